The first-order chi connectivity index (χ1) is 11.0. The first kappa shape index (κ1) is 15.7. The summed E-state index contributed by atoms with van der Waals surface area (Å²) in [7, 11) is 1.72. The van der Waals surface area contributed by atoms with E-state index in [1.807, 2.05) is 36.6 Å². The van der Waals surface area contributed by atoms with Gasteiger partial charge in [-0.3, -0.25) is 14.5 Å². The number of amides is 2. The second-order valence-corrected chi connectivity index (χ2v) is 6.75. The minimum atomic E-state index is -0.290. The minimum absolute atomic E-state index is 0.0384. The number of benzene rings is 1. The lowest BCUT2D eigenvalue weighted by Gasteiger charge is -2.19. The summed E-state index contributed by atoms with van der Waals surface area (Å²) in [6.07, 6.45) is 1.95. The van der Waals surface area contributed by atoms with Gasteiger partial charge in [0.1, 0.15) is 0 Å². The molecule has 23 heavy (non-hydrogen) atoms. The van der Waals surface area contributed by atoms with E-state index in [1.165, 1.54) is 16.9 Å². The van der Waals surface area contributed by atoms with Crippen molar-refractivity contribution in [3.63, 3.8) is 0 Å². The third kappa shape index (κ3) is 3.42. The largest absolute Gasteiger partial charge is 0.338 e. The van der Waals surface area contributed by atoms with Gasteiger partial charge in [0.15, 0.2) is 5.13 Å². The average molecular weight is 329 g/mol. The lowest BCUT2D eigenvalue weighted by molar-refractivity contribution is -0.128. The molecule has 0 N–H and O–H groups in total. The Bertz CT molecular complexity index is 697. The normalized spacial score (nSPS) is 17.6. The smallest absolute Gasteiger partial charge is 0.233 e. The van der Waals surface area contributed by atoms with Crippen molar-refractivity contribution in [2.24, 2.45) is 5.92 Å². The summed E-state index contributed by atoms with van der Waals surface area (Å²) in [5.41, 5.74) is 2.28. The Kier molecular flexibility index (Phi) is 4.43. The van der Waals surface area contributed by atoms with E-state index in [0.717, 1.165) is 5.56 Å². The molecule has 1 fully saturated rings. The number of hydrogen-bond donors (Lipinski definition) is 0. The molecule has 3 rings (SSSR count). The molecule has 2 amide bonds. The van der Waals surface area contributed by atoms with Crippen molar-refractivity contribution in [3.05, 3.63) is 47.0 Å². The predicted molar refractivity (Wildman–Crippen MR) is 90.2 cm³/mol. The number of aryl methyl sites for hydroxylation is 1. The first-order valence-electron chi connectivity index (χ1n) is 7.55. The van der Waals surface area contributed by atoms with Gasteiger partial charge in [0.2, 0.25) is 11.8 Å². The van der Waals surface area contributed by atoms with E-state index in [-0.39, 0.29) is 24.2 Å². The molecule has 1 aliphatic rings. The fourth-order valence-corrected chi connectivity index (χ4v) is 3.37. The van der Waals surface area contributed by atoms with Crippen LogP contribution < -0.4 is 4.90 Å². The van der Waals surface area contributed by atoms with Gasteiger partial charge in [-0.1, -0.05) is 29.8 Å². The maximum absolute atomic E-state index is 12.5. The topological polar surface area (TPSA) is 53.5 Å². The molecule has 6 heteroatoms. The molecule has 1 aromatic heterocycles. The number of anilines is 1. The zero-order chi connectivity index (χ0) is 16.4. The van der Waals surface area contributed by atoms with E-state index < -0.39 is 0 Å². The zero-order valence-corrected chi connectivity index (χ0v) is 14.0. The lowest BCUT2D eigenvalue weighted by Crippen LogP contribution is -2.34. The molecular formula is C17H19N3O2S. The van der Waals surface area contributed by atoms with Gasteiger partial charge < -0.3 is 4.90 Å². The van der Waals surface area contributed by atoms with E-state index in [1.54, 1.807) is 23.0 Å². The number of likely N-dealkylation sites (tertiary alicyclic amines) is 1. The van der Waals surface area contributed by atoms with Crippen molar-refractivity contribution in [2.75, 3.05) is 18.5 Å². The molecule has 1 aromatic carbocycles. The number of carbonyl (C=O) groups is 2. The number of hydrogen-bond acceptors (Lipinski definition) is 4. The number of aromatic nitrogens is 1. The predicted octanol–water partition coefficient (Wildman–Crippen LogP) is 2.46. The molecule has 0 radical (unpaired) electrons. The molecule has 1 saturated heterocycles. The monoisotopic (exact) mass is 329 g/mol. The highest BCUT2D eigenvalue weighted by Gasteiger charge is 2.36. The summed E-state index contributed by atoms with van der Waals surface area (Å²) in [6, 6.07) is 8.13. The number of carbonyl (C=O) groups excluding carboxylic acids is 2. The summed E-state index contributed by atoms with van der Waals surface area (Å²) in [5.74, 6) is -0.294. The third-order valence-corrected chi connectivity index (χ3v) is 4.94. The molecular weight excluding hydrogens is 310 g/mol. The number of nitrogens with zero attached hydrogens (tertiary/aromatic N) is 3. The van der Waals surface area contributed by atoms with Crippen LogP contribution in [0.15, 0.2) is 35.8 Å². The second kappa shape index (κ2) is 6.50. The van der Waals surface area contributed by atoms with Gasteiger partial charge in [-0.05, 0) is 12.5 Å². The van der Waals surface area contributed by atoms with Gasteiger partial charge in [0.25, 0.3) is 0 Å². The van der Waals surface area contributed by atoms with Gasteiger partial charge in [-0.25, -0.2) is 4.98 Å². The van der Waals surface area contributed by atoms with Crippen LogP contribution in [0.5, 0.6) is 0 Å². The summed E-state index contributed by atoms with van der Waals surface area (Å²) < 4.78 is 0. The maximum Gasteiger partial charge on any atom is 0.233 e. The number of thiazole rings is 1. The summed E-state index contributed by atoms with van der Waals surface area (Å²) in [4.78, 5) is 32.2. The molecule has 1 atom stereocenters. The van der Waals surface area contributed by atoms with E-state index in [9.17, 15) is 9.59 Å². The first-order valence-corrected chi connectivity index (χ1v) is 8.43. The van der Waals surface area contributed by atoms with E-state index in [4.69, 9.17) is 0 Å². The highest BCUT2D eigenvalue weighted by atomic mass is 32.1. The molecule has 2 aromatic rings. The van der Waals surface area contributed by atoms with Gasteiger partial charge in [-0.2, -0.15) is 0 Å². The number of rotatable bonds is 4. The molecule has 1 aliphatic heterocycles. The lowest BCUT2D eigenvalue weighted by atomic mass is 10.1. The van der Waals surface area contributed by atoms with Crippen molar-refractivity contribution in [1.82, 2.24) is 9.88 Å². The van der Waals surface area contributed by atoms with E-state index in [0.29, 0.717) is 18.2 Å². The van der Waals surface area contributed by atoms with Gasteiger partial charge in [0, 0.05) is 38.1 Å². The van der Waals surface area contributed by atoms with E-state index in [2.05, 4.69) is 4.98 Å². The van der Waals surface area contributed by atoms with Crippen LogP contribution in [-0.4, -0.2) is 35.3 Å². The van der Waals surface area contributed by atoms with Crippen LogP contribution in [0.1, 0.15) is 17.5 Å². The van der Waals surface area contributed by atoms with Crippen molar-refractivity contribution in [3.8, 4) is 0 Å². The Morgan fingerprint density at radius 3 is 2.78 bits per heavy atom. The van der Waals surface area contributed by atoms with Crippen LogP contribution in [0.3, 0.4) is 0 Å². The van der Waals surface area contributed by atoms with Crippen molar-refractivity contribution in [1.29, 1.82) is 0 Å². The molecule has 0 aliphatic carbocycles. The van der Waals surface area contributed by atoms with Crippen molar-refractivity contribution in [2.45, 2.75) is 19.9 Å². The quantitative estimate of drug-likeness (QED) is 0.866. The summed E-state index contributed by atoms with van der Waals surface area (Å²) in [5, 5.41) is 2.50. The van der Waals surface area contributed by atoms with Crippen LogP contribution in [0.25, 0.3) is 0 Å². The van der Waals surface area contributed by atoms with Crippen molar-refractivity contribution >= 4 is 28.3 Å². The molecule has 0 bridgehead atoms. The van der Waals surface area contributed by atoms with Gasteiger partial charge in [0.05, 0.1) is 5.92 Å². The standard InChI is InChI=1S/C17H19N3O2S/c1-12-3-5-13(6-4-12)10-20-11-14(9-15(20)21)16(22)19(2)17-18-7-8-23-17/h3-8,14H,9-11H2,1-2H3/t14-/m0/s1. The molecule has 5 nitrogen and oxygen atoms in total. The molecule has 120 valence electrons. The Hall–Kier alpha value is -2.21. The third-order valence-electron chi connectivity index (χ3n) is 4.09. The molecule has 0 unspecified atom stereocenters. The van der Waals surface area contributed by atoms with Crippen LogP contribution in [-0.2, 0) is 16.1 Å². The van der Waals surface area contributed by atoms with Crippen LogP contribution in [0.4, 0.5) is 5.13 Å². The van der Waals surface area contributed by atoms with Crippen LogP contribution in [0, 0.1) is 12.8 Å². The zero-order valence-electron chi connectivity index (χ0n) is 13.2. The SMILES string of the molecule is Cc1ccc(CN2C[C@@H](C(=O)N(C)c3nccs3)CC2=O)cc1. The molecule has 2 heterocycles. The average Bonchev–Trinajstić information content (AvgIpc) is 3.19. The van der Waals surface area contributed by atoms with Gasteiger partial charge in [-0.15, -0.1) is 11.3 Å². The second-order valence-electron chi connectivity index (χ2n) is 5.87. The fourth-order valence-electron chi connectivity index (χ4n) is 2.75. The van der Waals surface area contributed by atoms with Gasteiger partial charge >= 0.3 is 0 Å². The minimum Gasteiger partial charge on any atom is -0.338 e. The maximum atomic E-state index is 12.5. The molecule has 0 saturated carbocycles. The summed E-state index contributed by atoms with van der Waals surface area (Å²) in [6.45, 7) is 3.07. The molecule has 0 spiro atoms. The Morgan fingerprint density at radius 1 is 1.39 bits per heavy atom. The highest BCUT2D eigenvalue weighted by Crippen LogP contribution is 2.25. The van der Waals surface area contributed by atoms with Crippen molar-refractivity contribution < 1.29 is 9.59 Å². The fraction of sp³-hybridized carbons (Fsp3) is 0.353. The Labute approximate surface area is 139 Å². The summed E-state index contributed by atoms with van der Waals surface area (Å²) >= 11 is 1.42. The van der Waals surface area contributed by atoms with Crippen LogP contribution in [0.2, 0.25) is 0 Å². The Morgan fingerprint density at radius 2 is 2.13 bits per heavy atom. The Balaban J connectivity index is 1.65. The highest BCUT2D eigenvalue weighted by molar-refractivity contribution is 7.13. The van der Waals surface area contributed by atoms with Crippen LogP contribution >= 0.6 is 11.3 Å². The van der Waals surface area contributed by atoms with E-state index >= 15 is 0 Å².